The molecular formula is C30H44O5. The van der Waals surface area contributed by atoms with E-state index in [4.69, 9.17) is 9.47 Å². The van der Waals surface area contributed by atoms with Crippen LogP contribution in [0, 0.1) is 28.6 Å². The molecule has 5 aliphatic rings. The quantitative estimate of drug-likeness (QED) is 0.382. The topological polar surface area (TPSA) is 72.8 Å². The fourth-order valence-corrected chi connectivity index (χ4v) is 9.13. The van der Waals surface area contributed by atoms with Crippen LogP contribution < -0.4 is 0 Å². The Hall–Kier alpha value is -1.62. The number of hydrogen-bond acceptors (Lipinski definition) is 5. The summed E-state index contributed by atoms with van der Waals surface area (Å²) < 4.78 is 11.7. The van der Waals surface area contributed by atoms with Crippen molar-refractivity contribution in [1.29, 1.82) is 0 Å². The van der Waals surface area contributed by atoms with Gasteiger partial charge < -0.3 is 14.6 Å². The molecule has 0 radical (unpaired) electrons. The molecule has 7 atom stereocenters. The second kappa shape index (κ2) is 8.19. The zero-order chi connectivity index (χ0) is 25.4. The van der Waals surface area contributed by atoms with E-state index in [-0.39, 0.29) is 34.8 Å². The Bertz CT molecular complexity index is 991. The molecule has 35 heavy (non-hydrogen) atoms. The molecular weight excluding hydrogens is 440 g/mol. The highest BCUT2D eigenvalue weighted by Crippen LogP contribution is 2.69. The van der Waals surface area contributed by atoms with Crippen LogP contribution in [0.2, 0.25) is 0 Å². The molecule has 5 heteroatoms. The first-order valence-corrected chi connectivity index (χ1v) is 13.8. The summed E-state index contributed by atoms with van der Waals surface area (Å²) in [6.07, 6.45) is 10.5. The Morgan fingerprint density at radius 1 is 1.03 bits per heavy atom. The zero-order valence-electron chi connectivity index (χ0n) is 22.5. The number of cyclic esters (lactones) is 2. The molecule has 5 rings (SSSR count). The number of carbonyl (C=O) groups excluding carboxylic acids is 2. The first kappa shape index (κ1) is 25.0. The Morgan fingerprint density at radius 3 is 2.49 bits per heavy atom. The lowest BCUT2D eigenvalue weighted by Crippen LogP contribution is -2.48. The minimum atomic E-state index is -0.886. The van der Waals surface area contributed by atoms with Gasteiger partial charge in [0.25, 0.3) is 0 Å². The molecule has 5 nitrogen and oxygen atoms in total. The average Bonchev–Trinajstić information content (AvgIpc) is 2.90. The average molecular weight is 485 g/mol. The van der Waals surface area contributed by atoms with Gasteiger partial charge in [0.2, 0.25) is 0 Å². The summed E-state index contributed by atoms with van der Waals surface area (Å²) in [7, 11) is 0. The number of esters is 2. The van der Waals surface area contributed by atoms with Gasteiger partial charge in [0, 0.05) is 24.3 Å². The van der Waals surface area contributed by atoms with Crippen molar-refractivity contribution in [2.75, 3.05) is 0 Å². The van der Waals surface area contributed by atoms with Crippen molar-refractivity contribution in [3.63, 3.8) is 0 Å². The molecule has 1 saturated carbocycles. The lowest BCUT2D eigenvalue weighted by atomic mass is 9.52. The normalized spacial score (nSPS) is 44.1. The number of ether oxygens (including phenoxy) is 2. The van der Waals surface area contributed by atoms with Gasteiger partial charge in [-0.1, -0.05) is 38.0 Å². The maximum Gasteiger partial charge on any atom is 0.333 e. The fraction of sp³-hybridized carbons (Fsp3) is 0.800. The fourth-order valence-electron chi connectivity index (χ4n) is 9.13. The van der Waals surface area contributed by atoms with E-state index in [1.54, 1.807) is 5.57 Å². The van der Waals surface area contributed by atoms with E-state index in [9.17, 15) is 14.7 Å². The summed E-state index contributed by atoms with van der Waals surface area (Å²) in [5.41, 5.74) is 2.42. The molecule has 1 saturated heterocycles. The van der Waals surface area contributed by atoms with Crippen LogP contribution in [0.15, 0.2) is 22.8 Å². The number of fused-ring (bicyclic) bond motifs is 3. The van der Waals surface area contributed by atoms with E-state index in [2.05, 4.69) is 26.8 Å². The largest absolute Gasteiger partial charge is 0.459 e. The summed E-state index contributed by atoms with van der Waals surface area (Å²) >= 11 is 0. The van der Waals surface area contributed by atoms with Gasteiger partial charge in [0.1, 0.15) is 11.7 Å². The molecule has 0 aromatic heterocycles. The Morgan fingerprint density at radius 2 is 1.77 bits per heavy atom. The van der Waals surface area contributed by atoms with Gasteiger partial charge in [0.05, 0.1) is 5.60 Å². The van der Waals surface area contributed by atoms with E-state index in [1.165, 1.54) is 5.57 Å². The minimum absolute atomic E-state index is 0.0392. The third-order valence-corrected chi connectivity index (χ3v) is 11.4. The monoisotopic (exact) mass is 484 g/mol. The van der Waals surface area contributed by atoms with E-state index in [0.29, 0.717) is 31.1 Å². The molecule has 2 heterocycles. The molecule has 3 aliphatic carbocycles. The highest BCUT2D eigenvalue weighted by atomic mass is 16.6. The molecule has 0 aromatic rings. The van der Waals surface area contributed by atoms with Crippen LogP contribution in [0.3, 0.4) is 0 Å². The van der Waals surface area contributed by atoms with Gasteiger partial charge in [0.15, 0.2) is 0 Å². The lowest BCUT2D eigenvalue weighted by molar-refractivity contribution is -0.165. The maximum atomic E-state index is 12.3. The van der Waals surface area contributed by atoms with Gasteiger partial charge in [-0.3, -0.25) is 4.79 Å². The highest BCUT2D eigenvalue weighted by molar-refractivity contribution is 5.88. The number of hydrogen-bond donors (Lipinski definition) is 1. The predicted octanol–water partition coefficient (Wildman–Crippen LogP) is 6.04. The first-order chi connectivity index (χ1) is 16.3. The molecule has 1 N–H and O–H groups in total. The van der Waals surface area contributed by atoms with Crippen LogP contribution in [-0.4, -0.2) is 34.4 Å². The van der Waals surface area contributed by atoms with Gasteiger partial charge >= 0.3 is 11.9 Å². The molecule has 0 amide bonds. The van der Waals surface area contributed by atoms with E-state index >= 15 is 0 Å². The highest BCUT2D eigenvalue weighted by Gasteiger charge is 2.61. The Kier molecular flexibility index (Phi) is 5.86. The SMILES string of the molecule is CC1=CC[C@@H]([C@@H](C)[C@H]2CC[C@@]3(C)C4=C(CC[C@]23C)C[C@@]2(O)CCC(=O)OC(C)(C)[C@@H]2CC4)OC1=O. The van der Waals surface area contributed by atoms with Crippen molar-refractivity contribution in [3.05, 3.63) is 22.8 Å². The van der Waals surface area contributed by atoms with E-state index in [1.807, 2.05) is 20.8 Å². The Balaban J connectivity index is 1.45. The smallest absolute Gasteiger partial charge is 0.333 e. The summed E-state index contributed by atoms with van der Waals surface area (Å²) in [5.74, 6) is 0.410. The molecule has 2 aliphatic heterocycles. The van der Waals surface area contributed by atoms with Crippen molar-refractivity contribution in [3.8, 4) is 0 Å². The van der Waals surface area contributed by atoms with Crippen molar-refractivity contribution in [2.24, 2.45) is 28.6 Å². The predicted molar refractivity (Wildman–Crippen MR) is 134 cm³/mol. The summed E-state index contributed by atoms with van der Waals surface area (Å²) in [5, 5.41) is 12.0. The number of carbonyl (C=O) groups is 2. The van der Waals surface area contributed by atoms with Crippen molar-refractivity contribution in [2.45, 2.75) is 123 Å². The van der Waals surface area contributed by atoms with Crippen LogP contribution >= 0.6 is 0 Å². The van der Waals surface area contributed by atoms with Gasteiger partial charge in [-0.05, 0) is 94.8 Å². The third kappa shape index (κ3) is 3.74. The summed E-state index contributed by atoms with van der Waals surface area (Å²) in [6.45, 7) is 13.1. The van der Waals surface area contributed by atoms with Crippen LogP contribution in [0.4, 0.5) is 0 Å². The second-order valence-electron chi connectivity index (χ2n) is 13.4. The van der Waals surface area contributed by atoms with Gasteiger partial charge in [-0.15, -0.1) is 0 Å². The third-order valence-electron chi connectivity index (χ3n) is 11.4. The molecule has 2 fully saturated rings. The number of allylic oxidation sites excluding steroid dienone is 1. The zero-order valence-corrected chi connectivity index (χ0v) is 22.5. The van der Waals surface area contributed by atoms with Crippen LogP contribution in [-0.2, 0) is 19.1 Å². The first-order valence-electron chi connectivity index (χ1n) is 13.8. The number of rotatable bonds is 2. The van der Waals surface area contributed by atoms with Crippen molar-refractivity contribution >= 4 is 11.9 Å². The van der Waals surface area contributed by atoms with Crippen molar-refractivity contribution < 1.29 is 24.2 Å². The lowest BCUT2D eigenvalue weighted by Gasteiger charge is -2.52. The standard InChI is InChI=1S/C30H44O5/c1-18-7-9-23(34-26(18)32)19(2)21-12-15-29(6)22-8-10-24-27(3,4)35-25(31)13-16-30(24,33)17-20(22)11-14-28(21,29)5/h7,19,21,23-24,33H,8-17H2,1-6H3/t19-,21+,23-,24-,28+,29-,30-/m0/s1. The van der Waals surface area contributed by atoms with Crippen LogP contribution in [0.1, 0.15) is 106 Å². The summed E-state index contributed by atoms with van der Waals surface area (Å²) in [4.78, 5) is 24.6. The van der Waals surface area contributed by atoms with E-state index < -0.39 is 11.2 Å². The molecule has 0 bridgehead atoms. The molecule has 194 valence electrons. The van der Waals surface area contributed by atoms with Crippen LogP contribution in [0.25, 0.3) is 0 Å². The molecule has 0 aromatic carbocycles. The summed E-state index contributed by atoms with van der Waals surface area (Å²) in [6, 6.07) is 0. The van der Waals surface area contributed by atoms with Gasteiger partial charge in [-0.2, -0.15) is 0 Å². The maximum absolute atomic E-state index is 12.3. The Labute approximate surface area is 210 Å². The van der Waals surface area contributed by atoms with Crippen molar-refractivity contribution in [1.82, 2.24) is 0 Å². The van der Waals surface area contributed by atoms with Crippen LogP contribution in [0.5, 0.6) is 0 Å². The second-order valence-corrected chi connectivity index (χ2v) is 13.4. The molecule has 0 spiro atoms. The minimum Gasteiger partial charge on any atom is -0.459 e. The van der Waals surface area contributed by atoms with E-state index in [0.717, 1.165) is 50.5 Å². The molecule has 0 unspecified atom stereocenters. The number of aliphatic hydroxyl groups is 1. The van der Waals surface area contributed by atoms with Gasteiger partial charge in [-0.25, -0.2) is 4.79 Å².